The molecule has 0 spiro atoms. The van der Waals surface area contributed by atoms with Crippen molar-refractivity contribution in [2.75, 3.05) is 12.3 Å². The smallest absolute Gasteiger partial charge is 0.327 e. The van der Waals surface area contributed by atoms with E-state index in [0.29, 0.717) is 0 Å². The number of carboxylic acids is 1. The Hall–Kier alpha value is -2.59. The Labute approximate surface area is 162 Å². The number of thiol groups is 1. The molecule has 0 fully saturated rings. The first kappa shape index (κ1) is 22.5. The SMILES string of the molecule is CC(=O)N[C@@H](Cc1ccccc1)C(=O)NC[C@H](N)C(=O)N[C@@H](CS)C(=O)O. The molecule has 0 aromatic heterocycles. The second-order valence-corrected chi connectivity index (χ2v) is 6.24. The highest BCUT2D eigenvalue weighted by molar-refractivity contribution is 7.80. The number of amides is 3. The lowest BCUT2D eigenvalue weighted by atomic mass is 10.1. The Bertz CT molecular complexity index is 671. The number of carboxylic acid groups (broad SMARTS) is 1. The van der Waals surface area contributed by atoms with Crippen LogP contribution in [0.15, 0.2) is 30.3 Å². The van der Waals surface area contributed by atoms with Gasteiger partial charge in [-0.25, -0.2) is 4.79 Å². The van der Waals surface area contributed by atoms with E-state index in [2.05, 4.69) is 28.6 Å². The number of nitrogens with two attached hydrogens (primary N) is 1. The number of benzene rings is 1. The van der Waals surface area contributed by atoms with Gasteiger partial charge in [-0.2, -0.15) is 12.6 Å². The highest BCUT2D eigenvalue weighted by Crippen LogP contribution is 2.03. The largest absolute Gasteiger partial charge is 0.480 e. The highest BCUT2D eigenvalue weighted by Gasteiger charge is 2.24. The molecule has 10 heteroatoms. The maximum Gasteiger partial charge on any atom is 0.327 e. The van der Waals surface area contributed by atoms with E-state index < -0.39 is 35.9 Å². The molecule has 0 bridgehead atoms. The molecule has 1 rings (SSSR count). The summed E-state index contributed by atoms with van der Waals surface area (Å²) in [6.45, 7) is 1.09. The van der Waals surface area contributed by atoms with E-state index in [9.17, 15) is 19.2 Å². The number of nitrogens with one attached hydrogen (secondary N) is 3. The van der Waals surface area contributed by atoms with E-state index in [0.717, 1.165) is 5.56 Å². The molecule has 3 amide bonds. The minimum atomic E-state index is -1.23. The van der Waals surface area contributed by atoms with Gasteiger partial charge >= 0.3 is 5.97 Å². The van der Waals surface area contributed by atoms with Crippen LogP contribution in [0.3, 0.4) is 0 Å². The minimum absolute atomic E-state index is 0.0954. The maximum atomic E-state index is 12.4. The Morgan fingerprint density at radius 1 is 1.07 bits per heavy atom. The van der Waals surface area contributed by atoms with E-state index in [1.165, 1.54) is 6.92 Å². The molecular formula is C17H24N4O5S. The van der Waals surface area contributed by atoms with Crippen LogP contribution in [-0.4, -0.2) is 59.2 Å². The van der Waals surface area contributed by atoms with Crippen LogP contribution in [-0.2, 0) is 25.6 Å². The molecule has 148 valence electrons. The average molecular weight is 396 g/mol. The number of hydrogen-bond acceptors (Lipinski definition) is 6. The van der Waals surface area contributed by atoms with Crippen LogP contribution in [0.2, 0.25) is 0 Å². The maximum absolute atomic E-state index is 12.4. The molecule has 9 nitrogen and oxygen atoms in total. The molecule has 0 aliphatic carbocycles. The second-order valence-electron chi connectivity index (χ2n) is 5.88. The fourth-order valence-electron chi connectivity index (χ4n) is 2.20. The Balaban J connectivity index is 2.62. The molecular weight excluding hydrogens is 372 g/mol. The molecule has 27 heavy (non-hydrogen) atoms. The van der Waals surface area contributed by atoms with Crippen LogP contribution in [0.5, 0.6) is 0 Å². The summed E-state index contributed by atoms with van der Waals surface area (Å²) in [6.07, 6.45) is 0.272. The average Bonchev–Trinajstić information content (AvgIpc) is 2.63. The summed E-state index contributed by atoms with van der Waals surface area (Å²) >= 11 is 3.84. The fraction of sp³-hybridized carbons (Fsp3) is 0.412. The summed E-state index contributed by atoms with van der Waals surface area (Å²) in [7, 11) is 0. The van der Waals surface area contributed by atoms with E-state index in [-0.39, 0.29) is 24.6 Å². The topological polar surface area (TPSA) is 151 Å². The van der Waals surface area contributed by atoms with Crippen molar-refractivity contribution in [3.8, 4) is 0 Å². The van der Waals surface area contributed by atoms with Gasteiger partial charge < -0.3 is 26.8 Å². The van der Waals surface area contributed by atoms with Crippen molar-refractivity contribution >= 4 is 36.3 Å². The number of carbonyl (C=O) groups is 4. The van der Waals surface area contributed by atoms with Crippen LogP contribution >= 0.6 is 12.6 Å². The van der Waals surface area contributed by atoms with E-state index in [4.69, 9.17) is 10.8 Å². The zero-order chi connectivity index (χ0) is 20.4. The molecule has 6 N–H and O–H groups in total. The van der Waals surface area contributed by atoms with Crippen molar-refractivity contribution in [2.45, 2.75) is 31.5 Å². The first-order chi connectivity index (χ1) is 12.7. The van der Waals surface area contributed by atoms with Gasteiger partial charge in [0.2, 0.25) is 17.7 Å². The predicted octanol–water partition coefficient (Wildman–Crippen LogP) is -1.32. The molecule has 0 heterocycles. The van der Waals surface area contributed by atoms with Crippen molar-refractivity contribution < 1.29 is 24.3 Å². The lowest BCUT2D eigenvalue weighted by Crippen LogP contribution is -2.55. The highest BCUT2D eigenvalue weighted by atomic mass is 32.1. The van der Waals surface area contributed by atoms with Crippen molar-refractivity contribution in [3.05, 3.63) is 35.9 Å². The Morgan fingerprint density at radius 3 is 2.22 bits per heavy atom. The first-order valence-electron chi connectivity index (χ1n) is 8.23. The van der Waals surface area contributed by atoms with Crippen LogP contribution in [0.25, 0.3) is 0 Å². The molecule has 0 unspecified atom stereocenters. The molecule has 1 aromatic carbocycles. The van der Waals surface area contributed by atoms with Crippen molar-refractivity contribution in [1.82, 2.24) is 16.0 Å². The number of carbonyl (C=O) groups excluding carboxylic acids is 3. The van der Waals surface area contributed by atoms with Gasteiger partial charge in [-0.15, -0.1) is 0 Å². The van der Waals surface area contributed by atoms with Crippen LogP contribution in [0.1, 0.15) is 12.5 Å². The van der Waals surface area contributed by atoms with Gasteiger partial charge in [-0.05, 0) is 5.56 Å². The number of hydrogen-bond donors (Lipinski definition) is 6. The zero-order valence-electron chi connectivity index (χ0n) is 14.8. The summed E-state index contributed by atoms with van der Waals surface area (Å²) in [6, 6.07) is 5.97. The minimum Gasteiger partial charge on any atom is -0.480 e. The summed E-state index contributed by atoms with van der Waals surface area (Å²) in [5.41, 5.74) is 6.54. The fourth-order valence-corrected chi connectivity index (χ4v) is 2.44. The van der Waals surface area contributed by atoms with Gasteiger partial charge in [0.1, 0.15) is 18.1 Å². The second kappa shape index (κ2) is 11.2. The Morgan fingerprint density at radius 2 is 1.70 bits per heavy atom. The van der Waals surface area contributed by atoms with Crippen molar-refractivity contribution in [3.63, 3.8) is 0 Å². The summed E-state index contributed by atoms with van der Waals surface area (Å²) in [5.74, 6) is -2.92. The van der Waals surface area contributed by atoms with Crippen LogP contribution < -0.4 is 21.7 Å². The molecule has 0 aliphatic heterocycles. The molecule has 3 atom stereocenters. The third kappa shape index (κ3) is 8.09. The summed E-state index contributed by atoms with van der Waals surface area (Å²) in [5, 5.41) is 16.2. The van der Waals surface area contributed by atoms with E-state index >= 15 is 0 Å². The lowest BCUT2D eigenvalue weighted by molar-refractivity contribution is -0.141. The molecule has 0 saturated carbocycles. The third-order valence-corrected chi connectivity index (χ3v) is 3.97. The normalized spacial score (nSPS) is 13.7. The van der Waals surface area contributed by atoms with Gasteiger partial charge in [0.15, 0.2) is 0 Å². The predicted molar refractivity (Wildman–Crippen MR) is 102 cm³/mol. The van der Waals surface area contributed by atoms with E-state index in [1.54, 1.807) is 0 Å². The quantitative estimate of drug-likeness (QED) is 0.270. The van der Waals surface area contributed by atoms with E-state index in [1.807, 2.05) is 30.3 Å². The van der Waals surface area contributed by atoms with Crippen molar-refractivity contribution in [1.29, 1.82) is 0 Å². The number of rotatable bonds is 10. The third-order valence-electron chi connectivity index (χ3n) is 3.61. The summed E-state index contributed by atoms with van der Waals surface area (Å²) < 4.78 is 0. The van der Waals surface area contributed by atoms with Crippen LogP contribution in [0.4, 0.5) is 0 Å². The molecule has 1 aromatic rings. The standard InChI is InChI=1S/C17H24N4O5S/c1-10(22)20-13(7-11-5-3-2-4-6-11)16(24)19-8-12(18)15(23)21-14(9-27)17(25)26/h2-6,12-14,27H,7-9,18H2,1H3,(H,19,24)(H,20,22)(H,21,23)(H,25,26)/t12-,13-,14-/m0/s1. The number of aliphatic carboxylic acids is 1. The van der Waals surface area contributed by atoms with Gasteiger partial charge in [-0.1, -0.05) is 30.3 Å². The molecule has 0 saturated heterocycles. The van der Waals surface area contributed by atoms with Gasteiger partial charge in [0.25, 0.3) is 0 Å². The molecule has 0 radical (unpaired) electrons. The zero-order valence-corrected chi connectivity index (χ0v) is 15.7. The van der Waals surface area contributed by atoms with Gasteiger partial charge in [-0.3, -0.25) is 14.4 Å². The van der Waals surface area contributed by atoms with Crippen LogP contribution in [0, 0.1) is 0 Å². The summed E-state index contributed by atoms with van der Waals surface area (Å²) in [4.78, 5) is 46.6. The van der Waals surface area contributed by atoms with Gasteiger partial charge in [0.05, 0.1) is 0 Å². The molecule has 0 aliphatic rings. The Kier molecular flexibility index (Phi) is 9.31. The van der Waals surface area contributed by atoms with Gasteiger partial charge in [0, 0.05) is 25.6 Å². The lowest BCUT2D eigenvalue weighted by Gasteiger charge is -2.20. The monoisotopic (exact) mass is 396 g/mol. The first-order valence-corrected chi connectivity index (χ1v) is 8.86. The van der Waals surface area contributed by atoms with Crippen molar-refractivity contribution in [2.24, 2.45) is 5.73 Å².